The van der Waals surface area contributed by atoms with E-state index < -0.39 is 0 Å². The summed E-state index contributed by atoms with van der Waals surface area (Å²) in [7, 11) is 1.77. The molecule has 3 aromatic rings. The van der Waals surface area contributed by atoms with Crippen molar-refractivity contribution in [3.63, 3.8) is 0 Å². The molecular weight excluding hydrogens is 378 g/mol. The van der Waals surface area contributed by atoms with Crippen LogP contribution in [0.5, 0.6) is 0 Å². The third-order valence-electron chi connectivity index (χ3n) is 4.78. The van der Waals surface area contributed by atoms with Crippen molar-refractivity contribution < 1.29 is 9.21 Å². The van der Waals surface area contributed by atoms with Gasteiger partial charge in [0.05, 0.1) is 10.6 Å². The first-order valence-corrected chi connectivity index (χ1v) is 10.8. The smallest absolute Gasteiger partial charge is 0.277 e. The molecule has 0 fully saturated rings. The molecule has 2 heterocycles. The summed E-state index contributed by atoms with van der Waals surface area (Å²) in [6.45, 7) is 2.30. The summed E-state index contributed by atoms with van der Waals surface area (Å²) in [4.78, 5) is 16.5. The Kier molecular flexibility index (Phi) is 5.31. The van der Waals surface area contributed by atoms with Gasteiger partial charge in [-0.05, 0) is 48.9 Å². The van der Waals surface area contributed by atoms with E-state index in [1.165, 1.54) is 28.6 Å². The molecule has 0 bridgehead atoms. The van der Waals surface area contributed by atoms with Gasteiger partial charge in [-0.25, -0.2) is 0 Å². The lowest BCUT2D eigenvalue weighted by Crippen LogP contribution is -2.27. The lowest BCUT2D eigenvalue weighted by molar-refractivity contribution is -0.115. The molecule has 5 nitrogen and oxygen atoms in total. The number of carbonyl (C=O) groups is 1. The number of carbonyl (C=O) groups excluding carboxylic acids is 1. The van der Waals surface area contributed by atoms with Gasteiger partial charge in [0.15, 0.2) is 0 Å². The fourth-order valence-electron chi connectivity index (χ4n) is 3.19. The van der Waals surface area contributed by atoms with Crippen LogP contribution in [0.2, 0.25) is 0 Å². The van der Waals surface area contributed by atoms with Crippen molar-refractivity contribution in [1.82, 2.24) is 10.2 Å². The van der Waals surface area contributed by atoms with E-state index in [-0.39, 0.29) is 11.7 Å². The number of nitrogens with zero attached hydrogens (tertiary/aromatic N) is 3. The predicted molar refractivity (Wildman–Crippen MR) is 109 cm³/mol. The first-order valence-electron chi connectivity index (χ1n) is 9.00. The molecule has 140 valence electrons. The number of thioether (sulfide) groups is 1. The molecule has 1 aliphatic rings. The van der Waals surface area contributed by atoms with E-state index in [9.17, 15) is 4.79 Å². The van der Waals surface area contributed by atoms with Gasteiger partial charge in [-0.3, -0.25) is 4.79 Å². The monoisotopic (exact) mass is 399 g/mol. The number of amides is 1. The maximum Gasteiger partial charge on any atom is 0.277 e. The highest BCUT2D eigenvalue weighted by atomic mass is 32.2. The number of aryl methyl sites for hydroxylation is 1. The van der Waals surface area contributed by atoms with Crippen LogP contribution in [0.25, 0.3) is 10.8 Å². The minimum atomic E-state index is -0.00785. The average molecular weight is 400 g/mol. The minimum Gasteiger partial charge on any atom is -0.410 e. The molecule has 1 aliphatic carbocycles. The lowest BCUT2D eigenvalue weighted by atomic mass is 9.90. The zero-order chi connectivity index (χ0) is 18.8. The van der Waals surface area contributed by atoms with Crippen LogP contribution in [0.1, 0.15) is 23.8 Å². The maximum atomic E-state index is 12.4. The van der Waals surface area contributed by atoms with Gasteiger partial charge in [0.1, 0.15) is 0 Å². The number of para-hydroxylation sites is 1. The van der Waals surface area contributed by atoms with Gasteiger partial charge in [0.25, 0.3) is 11.1 Å². The summed E-state index contributed by atoms with van der Waals surface area (Å²) in [5.74, 6) is 1.53. The van der Waals surface area contributed by atoms with Crippen LogP contribution in [0, 0.1) is 5.92 Å². The molecule has 0 unspecified atom stereocenters. The standard InChI is InChI=1S/C20H21N3O2S2/c1-13-8-9-16-14(10-13)11-17(27-16)19-21-22-20(25-19)26-12-18(24)23(2)15-6-4-3-5-7-15/h3-7,11,13H,8-10,12H2,1-2H3/t13-/m1/s1. The van der Waals surface area contributed by atoms with E-state index in [4.69, 9.17) is 4.42 Å². The molecule has 4 rings (SSSR count). The van der Waals surface area contributed by atoms with Crippen molar-refractivity contribution in [3.8, 4) is 10.8 Å². The van der Waals surface area contributed by atoms with E-state index in [1.807, 2.05) is 30.3 Å². The zero-order valence-corrected chi connectivity index (χ0v) is 17.0. The Hall–Kier alpha value is -2.12. The summed E-state index contributed by atoms with van der Waals surface area (Å²) < 4.78 is 5.79. The van der Waals surface area contributed by atoms with Crippen molar-refractivity contribution in [3.05, 3.63) is 46.8 Å². The molecule has 2 aromatic heterocycles. The molecule has 1 aromatic carbocycles. The number of benzene rings is 1. The van der Waals surface area contributed by atoms with E-state index in [0.29, 0.717) is 11.1 Å². The molecule has 0 N–H and O–H groups in total. The molecule has 1 atom stereocenters. The summed E-state index contributed by atoms with van der Waals surface area (Å²) in [5, 5.41) is 8.71. The molecule has 1 amide bonds. The van der Waals surface area contributed by atoms with Crippen molar-refractivity contribution >= 4 is 34.7 Å². The largest absolute Gasteiger partial charge is 0.410 e. The highest BCUT2D eigenvalue weighted by Gasteiger charge is 2.21. The van der Waals surface area contributed by atoms with Crippen molar-refractivity contribution in [2.24, 2.45) is 5.92 Å². The van der Waals surface area contributed by atoms with Gasteiger partial charge in [-0.15, -0.1) is 21.5 Å². The second-order valence-electron chi connectivity index (χ2n) is 6.86. The summed E-state index contributed by atoms with van der Waals surface area (Å²) >= 11 is 3.03. The minimum absolute atomic E-state index is 0.00785. The fourth-order valence-corrected chi connectivity index (χ4v) is 5.00. The van der Waals surface area contributed by atoms with Gasteiger partial charge >= 0.3 is 0 Å². The quantitative estimate of drug-likeness (QED) is 0.583. The first-order chi connectivity index (χ1) is 13.1. The topological polar surface area (TPSA) is 59.2 Å². The molecule has 0 spiro atoms. The van der Waals surface area contributed by atoms with Crippen molar-refractivity contribution in [2.45, 2.75) is 31.4 Å². The average Bonchev–Trinajstić information content (AvgIpc) is 3.32. The van der Waals surface area contributed by atoms with Crippen molar-refractivity contribution in [1.29, 1.82) is 0 Å². The Labute approximate surface area is 166 Å². The lowest BCUT2D eigenvalue weighted by Gasteiger charge is -2.16. The van der Waals surface area contributed by atoms with E-state index in [2.05, 4.69) is 23.2 Å². The molecule has 7 heteroatoms. The third-order valence-corrected chi connectivity index (χ3v) is 6.81. The second kappa shape index (κ2) is 7.86. The molecule has 0 aliphatic heterocycles. The normalized spacial score (nSPS) is 16.1. The molecule has 0 saturated heterocycles. The van der Waals surface area contributed by atoms with E-state index >= 15 is 0 Å². The van der Waals surface area contributed by atoms with Gasteiger partial charge < -0.3 is 9.32 Å². The van der Waals surface area contributed by atoms with E-state index in [0.717, 1.165) is 29.3 Å². The van der Waals surface area contributed by atoms with Crippen molar-refractivity contribution in [2.75, 3.05) is 17.7 Å². The molecule has 0 radical (unpaired) electrons. The number of hydrogen-bond acceptors (Lipinski definition) is 6. The predicted octanol–water partition coefficient (Wildman–Crippen LogP) is 4.68. The Morgan fingerprint density at radius 1 is 1.33 bits per heavy atom. The van der Waals surface area contributed by atoms with Crippen LogP contribution in [0.15, 0.2) is 46.0 Å². The Bertz CT molecular complexity index is 936. The first kappa shape index (κ1) is 18.3. The molecule has 0 saturated carbocycles. The fraction of sp³-hybridized carbons (Fsp3) is 0.350. The highest BCUT2D eigenvalue weighted by Crippen LogP contribution is 2.37. The SMILES string of the molecule is C[C@@H]1CCc2sc(-c3nnc(SCC(=O)N(C)c4ccccc4)o3)cc2C1. The summed E-state index contributed by atoms with van der Waals surface area (Å²) in [5.41, 5.74) is 2.29. The number of anilines is 1. The third kappa shape index (κ3) is 4.09. The number of hydrogen-bond donors (Lipinski definition) is 0. The maximum absolute atomic E-state index is 12.4. The highest BCUT2D eigenvalue weighted by molar-refractivity contribution is 7.99. The van der Waals surface area contributed by atoms with Gasteiger partial charge in [-0.2, -0.15) is 0 Å². The van der Waals surface area contributed by atoms with Crippen LogP contribution in [0.3, 0.4) is 0 Å². The Balaban J connectivity index is 1.39. The van der Waals surface area contributed by atoms with Gasteiger partial charge in [-0.1, -0.05) is 36.9 Å². The number of rotatable bonds is 5. The number of aromatic nitrogens is 2. The van der Waals surface area contributed by atoms with Gasteiger partial charge in [0, 0.05) is 17.6 Å². The second-order valence-corrected chi connectivity index (χ2v) is 8.92. The van der Waals surface area contributed by atoms with Crippen LogP contribution in [0.4, 0.5) is 5.69 Å². The number of fused-ring (bicyclic) bond motifs is 1. The Morgan fingerprint density at radius 3 is 2.96 bits per heavy atom. The Morgan fingerprint density at radius 2 is 2.15 bits per heavy atom. The van der Waals surface area contributed by atoms with Crippen LogP contribution in [-0.2, 0) is 17.6 Å². The number of thiophene rings is 1. The molecule has 27 heavy (non-hydrogen) atoms. The molecular formula is C20H21N3O2S2. The van der Waals surface area contributed by atoms with Crippen LogP contribution < -0.4 is 4.90 Å². The van der Waals surface area contributed by atoms with Crippen LogP contribution >= 0.6 is 23.1 Å². The summed E-state index contributed by atoms with van der Waals surface area (Å²) in [6, 6.07) is 11.8. The van der Waals surface area contributed by atoms with Crippen LogP contribution in [-0.4, -0.2) is 28.9 Å². The van der Waals surface area contributed by atoms with Gasteiger partial charge in [0.2, 0.25) is 5.91 Å². The van der Waals surface area contributed by atoms with E-state index in [1.54, 1.807) is 23.3 Å². The zero-order valence-electron chi connectivity index (χ0n) is 15.3. The summed E-state index contributed by atoms with van der Waals surface area (Å²) in [6.07, 6.45) is 3.51.